The first-order valence-electron chi connectivity index (χ1n) is 9.05. The molecule has 0 aliphatic carbocycles. The number of nitrogens with one attached hydrogen (secondary N) is 2. The smallest absolute Gasteiger partial charge is 0.471 e. The number of carboxylic acids is 1. The SMILES string of the molecule is CN(CC1Nc2cc(C(=O)O)ccc2OC1c1ccccc1)C(=O)NC(=O)C(F)(F)F. The lowest BCUT2D eigenvalue weighted by molar-refractivity contribution is -0.172. The molecule has 2 aromatic carbocycles. The summed E-state index contributed by atoms with van der Waals surface area (Å²) in [6, 6.07) is 11.3. The lowest BCUT2D eigenvalue weighted by Gasteiger charge is -2.37. The van der Waals surface area contributed by atoms with E-state index in [1.165, 1.54) is 30.6 Å². The molecule has 0 fully saturated rings. The quantitative estimate of drug-likeness (QED) is 0.679. The summed E-state index contributed by atoms with van der Waals surface area (Å²) in [5.41, 5.74) is 1.10. The zero-order chi connectivity index (χ0) is 22.8. The highest BCUT2D eigenvalue weighted by Gasteiger charge is 2.41. The molecule has 0 saturated carbocycles. The first kappa shape index (κ1) is 21.9. The van der Waals surface area contributed by atoms with Crippen molar-refractivity contribution in [1.82, 2.24) is 10.2 Å². The number of hydrogen-bond acceptors (Lipinski definition) is 5. The Morgan fingerprint density at radius 2 is 1.84 bits per heavy atom. The van der Waals surface area contributed by atoms with E-state index in [0.29, 0.717) is 11.4 Å². The molecule has 0 saturated heterocycles. The van der Waals surface area contributed by atoms with Crippen LogP contribution in [0, 0.1) is 0 Å². The summed E-state index contributed by atoms with van der Waals surface area (Å²) in [5, 5.41) is 13.6. The predicted octanol–water partition coefficient (Wildman–Crippen LogP) is 3.03. The van der Waals surface area contributed by atoms with E-state index >= 15 is 0 Å². The van der Waals surface area contributed by atoms with Crippen molar-refractivity contribution >= 4 is 23.6 Å². The average molecular weight is 437 g/mol. The molecule has 3 N–H and O–H groups in total. The third kappa shape index (κ3) is 5.05. The minimum absolute atomic E-state index is 0.00799. The number of likely N-dealkylation sites (N-methyl/N-ethyl adjacent to an activating group) is 1. The molecule has 2 unspecified atom stereocenters. The van der Waals surface area contributed by atoms with Crippen LogP contribution in [0.5, 0.6) is 5.75 Å². The van der Waals surface area contributed by atoms with Crippen LogP contribution in [0.4, 0.5) is 23.7 Å². The van der Waals surface area contributed by atoms with Gasteiger partial charge in [-0.3, -0.25) is 10.1 Å². The second kappa shape index (κ2) is 8.54. The van der Waals surface area contributed by atoms with Crippen molar-refractivity contribution in [3.8, 4) is 5.75 Å². The van der Waals surface area contributed by atoms with Crippen molar-refractivity contribution in [2.24, 2.45) is 0 Å². The Morgan fingerprint density at radius 3 is 2.45 bits per heavy atom. The van der Waals surface area contributed by atoms with Crippen LogP contribution in [0.25, 0.3) is 0 Å². The number of carbonyl (C=O) groups excluding carboxylic acids is 2. The number of aromatic carboxylic acids is 1. The fourth-order valence-electron chi connectivity index (χ4n) is 3.10. The Bertz CT molecular complexity index is 997. The van der Waals surface area contributed by atoms with Crippen molar-refractivity contribution in [2.45, 2.75) is 18.3 Å². The molecular weight excluding hydrogens is 419 g/mol. The van der Waals surface area contributed by atoms with E-state index in [9.17, 15) is 32.7 Å². The highest BCUT2D eigenvalue weighted by molar-refractivity contribution is 5.97. The number of carbonyl (C=O) groups is 3. The van der Waals surface area contributed by atoms with E-state index in [1.807, 2.05) is 0 Å². The molecule has 1 aliphatic heterocycles. The van der Waals surface area contributed by atoms with Crippen LogP contribution in [0.15, 0.2) is 48.5 Å². The van der Waals surface area contributed by atoms with E-state index in [-0.39, 0.29) is 12.1 Å². The maximum Gasteiger partial charge on any atom is 0.471 e. The summed E-state index contributed by atoms with van der Waals surface area (Å²) in [7, 11) is 1.23. The van der Waals surface area contributed by atoms with Gasteiger partial charge in [-0.2, -0.15) is 13.2 Å². The van der Waals surface area contributed by atoms with Gasteiger partial charge in [0.25, 0.3) is 0 Å². The standard InChI is InChI=1S/C20H18F3N3O5/c1-26(19(30)25-18(29)20(21,22)23)10-14-16(11-5-3-2-4-6-11)31-15-8-7-12(17(27)28)9-13(15)24-14/h2-9,14,16,24H,10H2,1H3,(H,27,28)(H,25,29,30). The summed E-state index contributed by atoms with van der Waals surface area (Å²) in [6.07, 6.45) is -5.83. The molecule has 0 bridgehead atoms. The predicted molar refractivity (Wildman–Crippen MR) is 103 cm³/mol. The summed E-state index contributed by atoms with van der Waals surface area (Å²) in [6.45, 7) is -0.146. The van der Waals surface area contributed by atoms with Crippen molar-refractivity contribution < 1.29 is 37.4 Å². The number of imide groups is 1. The molecule has 3 rings (SSSR count). The van der Waals surface area contributed by atoms with Gasteiger partial charge in [-0.25, -0.2) is 9.59 Å². The summed E-state index contributed by atoms with van der Waals surface area (Å²) in [4.78, 5) is 35.3. The number of ether oxygens (including phenoxy) is 1. The third-order valence-corrected chi connectivity index (χ3v) is 4.61. The number of hydrogen-bond donors (Lipinski definition) is 3. The fraction of sp³-hybridized carbons (Fsp3) is 0.250. The van der Waals surface area contributed by atoms with E-state index in [2.05, 4.69) is 5.32 Å². The van der Waals surface area contributed by atoms with Gasteiger partial charge in [-0.1, -0.05) is 30.3 Å². The molecule has 0 aromatic heterocycles. The Hall–Kier alpha value is -3.76. The molecular formula is C20H18F3N3O5. The van der Waals surface area contributed by atoms with Gasteiger partial charge in [-0.15, -0.1) is 0 Å². The van der Waals surface area contributed by atoms with Gasteiger partial charge in [0.05, 0.1) is 17.3 Å². The van der Waals surface area contributed by atoms with Crippen molar-refractivity contribution in [3.05, 3.63) is 59.7 Å². The number of alkyl halides is 3. The molecule has 8 nitrogen and oxygen atoms in total. The van der Waals surface area contributed by atoms with Crippen LogP contribution >= 0.6 is 0 Å². The lowest BCUT2D eigenvalue weighted by atomic mass is 9.98. The topological polar surface area (TPSA) is 108 Å². The van der Waals surface area contributed by atoms with Gasteiger partial charge in [0, 0.05) is 13.6 Å². The molecule has 164 valence electrons. The highest BCUT2D eigenvalue weighted by atomic mass is 19.4. The number of benzene rings is 2. The number of anilines is 1. The van der Waals surface area contributed by atoms with Crippen LogP contribution in [-0.4, -0.2) is 53.7 Å². The Labute approximate surface area is 174 Å². The lowest BCUT2D eigenvalue weighted by Crippen LogP contribution is -2.50. The van der Waals surface area contributed by atoms with Gasteiger partial charge in [0.2, 0.25) is 0 Å². The van der Waals surface area contributed by atoms with E-state index in [4.69, 9.17) is 4.74 Å². The summed E-state index contributed by atoms with van der Waals surface area (Å²) in [5.74, 6) is -3.13. The van der Waals surface area contributed by atoms with Crippen LogP contribution in [-0.2, 0) is 4.79 Å². The molecule has 0 radical (unpaired) electrons. The summed E-state index contributed by atoms with van der Waals surface area (Å²) < 4.78 is 43.3. The number of urea groups is 1. The van der Waals surface area contributed by atoms with Crippen LogP contribution < -0.4 is 15.4 Å². The second-order valence-electron chi connectivity index (χ2n) is 6.85. The molecule has 1 heterocycles. The Morgan fingerprint density at radius 1 is 1.16 bits per heavy atom. The van der Waals surface area contributed by atoms with Crippen molar-refractivity contribution in [3.63, 3.8) is 0 Å². The van der Waals surface area contributed by atoms with Gasteiger partial charge >= 0.3 is 24.1 Å². The third-order valence-electron chi connectivity index (χ3n) is 4.61. The zero-order valence-electron chi connectivity index (χ0n) is 16.1. The van der Waals surface area contributed by atoms with Gasteiger partial charge in [-0.05, 0) is 23.8 Å². The average Bonchev–Trinajstić information content (AvgIpc) is 2.72. The number of carboxylic acid groups (broad SMARTS) is 1. The van der Waals surface area contributed by atoms with Crippen LogP contribution in [0.1, 0.15) is 22.0 Å². The van der Waals surface area contributed by atoms with E-state index in [0.717, 1.165) is 10.5 Å². The van der Waals surface area contributed by atoms with E-state index in [1.54, 1.807) is 30.3 Å². The normalized spacial score (nSPS) is 17.5. The largest absolute Gasteiger partial charge is 0.481 e. The highest BCUT2D eigenvalue weighted by Crippen LogP contribution is 2.38. The fourth-order valence-corrected chi connectivity index (χ4v) is 3.10. The number of halogens is 3. The molecule has 1 aliphatic rings. The molecule has 0 spiro atoms. The van der Waals surface area contributed by atoms with Gasteiger partial charge in [0.15, 0.2) is 0 Å². The minimum Gasteiger partial charge on any atom is -0.481 e. The maximum atomic E-state index is 12.4. The van der Waals surface area contributed by atoms with Gasteiger partial charge < -0.3 is 20.1 Å². The number of rotatable bonds is 4. The molecule has 2 aromatic rings. The van der Waals surface area contributed by atoms with Crippen molar-refractivity contribution in [1.29, 1.82) is 0 Å². The molecule has 11 heteroatoms. The van der Waals surface area contributed by atoms with Gasteiger partial charge in [0.1, 0.15) is 11.9 Å². The monoisotopic (exact) mass is 437 g/mol. The van der Waals surface area contributed by atoms with E-state index < -0.39 is 36.2 Å². The Balaban J connectivity index is 1.84. The molecule has 31 heavy (non-hydrogen) atoms. The molecule has 2 atom stereocenters. The zero-order valence-corrected chi connectivity index (χ0v) is 16.1. The first-order valence-corrected chi connectivity index (χ1v) is 9.05. The minimum atomic E-state index is -5.19. The first-order chi connectivity index (χ1) is 14.6. The maximum absolute atomic E-state index is 12.4. The van der Waals surface area contributed by atoms with Crippen molar-refractivity contribution in [2.75, 3.05) is 18.9 Å². The number of nitrogens with zero attached hydrogens (tertiary/aromatic N) is 1. The molecule has 3 amide bonds. The summed E-state index contributed by atoms with van der Waals surface area (Å²) >= 11 is 0. The number of amides is 3. The number of fused-ring (bicyclic) bond motifs is 1. The van der Waals surface area contributed by atoms with Crippen LogP contribution in [0.3, 0.4) is 0 Å². The Kier molecular flexibility index (Phi) is 6.04. The van der Waals surface area contributed by atoms with Crippen LogP contribution in [0.2, 0.25) is 0 Å². The second-order valence-corrected chi connectivity index (χ2v) is 6.85.